The van der Waals surface area contributed by atoms with E-state index < -0.39 is 4.92 Å². The first-order valence-corrected chi connectivity index (χ1v) is 7.52. The van der Waals surface area contributed by atoms with Gasteiger partial charge in [0.2, 0.25) is 0 Å². The smallest absolute Gasteiger partial charge is 0.310 e. The van der Waals surface area contributed by atoms with E-state index in [1.165, 1.54) is 12.4 Å². The number of benzene rings is 1. The second kappa shape index (κ2) is 6.62. The van der Waals surface area contributed by atoms with Crippen molar-refractivity contribution < 1.29 is 10.0 Å². The highest BCUT2D eigenvalue weighted by molar-refractivity contribution is 5.71. The Balaban J connectivity index is 1.79. The maximum absolute atomic E-state index is 11.1. The molecule has 7 heteroatoms. The molecular weight excluding hydrogens is 296 g/mol. The fourth-order valence-corrected chi connectivity index (χ4v) is 2.70. The lowest BCUT2D eigenvalue weighted by atomic mass is 10.1. The lowest BCUT2D eigenvalue weighted by molar-refractivity contribution is -0.384. The molecule has 1 aliphatic heterocycles. The van der Waals surface area contributed by atoms with Gasteiger partial charge in [-0.1, -0.05) is 6.07 Å². The average molecular weight is 314 g/mol. The Kier molecular flexibility index (Phi) is 4.38. The molecule has 120 valence electrons. The number of nitro groups is 1. The molecule has 2 heterocycles. The van der Waals surface area contributed by atoms with E-state index in [1.54, 1.807) is 6.07 Å². The van der Waals surface area contributed by atoms with Crippen LogP contribution in [-0.4, -0.2) is 34.2 Å². The number of rotatable bonds is 4. The van der Waals surface area contributed by atoms with Gasteiger partial charge in [0.15, 0.2) is 0 Å². The molecule has 0 radical (unpaired) electrons. The molecule has 1 fully saturated rings. The van der Waals surface area contributed by atoms with Crippen LogP contribution in [0.4, 0.5) is 22.7 Å². The van der Waals surface area contributed by atoms with Gasteiger partial charge in [-0.15, -0.1) is 0 Å². The maximum Gasteiger partial charge on any atom is 0.310 e. The molecule has 0 amide bonds. The molecule has 7 nitrogen and oxygen atoms in total. The highest BCUT2D eigenvalue weighted by Crippen LogP contribution is 2.29. The molecular formula is C16H18N4O3. The second-order valence-electron chi connectivity index (χ2n) is 5.54. The average Bonchev–Trinajstić information content (AvgIpc) is 2.56. The van der Waals surface area contributed by atoms with Crippen molar-refractivity contribution in [2.45, 2.75) is 18.9 Å². The summed E-state index contributed by atoms with van der Waals surface area (Å²) in [5.74, 6) is 0. The molecule has 1 aromatic heterocycles. The Hall–Kier alpha value is -2.67. The van der Waals surface area contributed by atoms with Crippen LogP contribution in [0.1, 0.15) is 12.8 Å². The summed E-state index contributed by atoms with van der Waals surface area (Å²) in [5, 5.41) is 23.7. The molecule has 0 saturated carbocycles. The van der Waals surface area contributed by atoms with E-state index in [4.69, 9.17) is 0 Å². The van der Waals surface area contributed by atoms with Crippen molar-refractivity contribution in [3.8, 4) is 0 Å². The van der Waals surface area contributed by atoms with Gasteiger partial charge in [-0.2, -0.15) is 0 Å². The minimum atomic E-state index is -0.453. The summed E-state index contributed by atoms with van der Waals surface area (Å²) in [4.78, 5) is 16.6. The summed E-state index contributed by atoms with van der Waals surface area (Å²) in [5.41, 5.74) is 2.18. The van der Waals surface area contributed by atoms with Crippen molar-refractivity contribution in [3.63, 3.8) is 0 Å². The Labute approximate surface area is 133 Å². The Morgan fingerprint density at radius 2 is 2.09 bits per heavy atom. The van der Waals surface area contributed by atoms with Crippen LogP contribution in [0.15, 0.2) is 42.7 Å². The predicted molar refractivity (Wildman–Crippen MR) is 88.1 cm³/mol. The van der Waals surface area contributed by atoms with Crippen LogP contribution in [-0.2, 0) is 0 Å². The van der Waals surface area contributed by atoms with E-state index in [2.05, 4.69) is 15.2 Å². The van der Waals surface area contributed by atoms with Crippen LogP contribution in [0, 0.1) is 10.1 Å². The third-order valence-electron chi connectivity index (χ3n) is 3.95. The van der Waals surface area contributed by atoms with Crippen LogP contribution in [0.5, 0.6) is 0 Å². The minimum absolute atomic E-state index is 0.0565. The molecule has 0 bridgehead atoms. The monoisotopic (exact) mass is 314 g/mol. The lowest BCUT2D eigenvalue weighted by Gasteiger charge is -2.31. The topological polar surface area (TPSA) is 91.5 Å². The zero-order valence-corrected chi connectivity index (χ0v) is 12.6. The molecule has 0 atom stereocenters. The number of hydrogen-bond acceptors (Lipinski definition) is 6. The van der Waals surface area contributed by atoms with E-state index >= 15 is 0 Å². The number of nitrogens with one attached hydrogen (secondary N) is 1. The summed E-state index contributed by atoms with van der Waals surface area (Å²) in [6, 6.07) is 9.33. The molecule has 1 saturated heterocycles. The summed E-state index contributed by atoms with van der Waals surface area (Å²) in [7, 11) is 0. The fraction of sp³-hybridized carbons (Fsp3) is 0.312. The Morgan fingerprint density at radius 3 is 2.83 bits per heavy atom. The first kappa shape index (κ1) is 15.2. The number of aromatic nitrogens is 1. The van der Waals surface area contributed by atoms with E-state index in [0.29, 0.717) is 5.69 Å². The molecule has 1 aromatic carbocycles. The van der Waals surface area contributed by atoms with Gasteiger partial charge in [0.25, 0.3) is 0 Å². The number of anilines is 3. The Morgan fingerprint density at radius 1 is 1.30 bits per heavy atom. The predicted octanol–water partition coefficient (Wildman–Crippen LogP) is 2.69. The standard InChI is InChI=1S/C16H18N4O3/c21-14-5-8-19(9-6-14)13-3-1-2-12(10-13)18-15-4-7-17-11-16(15)20(22)23/h1-4,7,10-11,14,21H,5-6,8-9H2,(H,17,18). The van der Waals surface area contributed by atoms with Gasteiger partial charge in [0, 0.05) is 30.7 Å². The largest absolute Gasteiger partial charge is 0.393 e. The summed E-state index contributed by atoms with van der Waals surface area (Å²) < 4.78 is 0. The number of pyridine rings is 1. The summed E-state index contributed by atoms with van der Waals surface area (Å²) in [6.45, 7) is 1.61. The lowest BCUT2D eigenvalue weighted by Crippen LogP contribution is -2.35. The third kappa shape index (κ3) is 3.57. The van der Waals surface area contributed by atoms with Gasteiger partial charge in [-0.05, 0) is 37.1 Å². The van der Waals surface area contributed by atoms with Crippen LogP contribution < -0.4 is 10.2 Å². The Bertz CT molecular complexity index is 699. The van der Waals surface area contributed by atoms with Gasteiger partial charge in [-0.25, -0.2) is 0 Å². The molecule has 1 aliphatic rings. The van der Waals surface area contributed by atoms with Crippen molar-refractivity contribution in [1.82, 2.24) is 4.98 Å². The number of aliphatic hydroxyl groups excluding tert-OH is 1. The number of hydrogen-bond donors (Lipinski definition) is 2. The SMILES string of the molecule is O=[N+]([O-])c1cnccc1Nc1cccc(N2CCC(O)CC2)c1. The van der Waals surface area contributed by atoms with Crippen LogP contribution >= 0.6 is 0 Å². The molecule has 0 aliphatic carbocycles. The highest BCUT2D eigenvalue weighted by atomic mass is 16.6. The van der Waals surface area contributed by atoms with E-state index in [-0.39, 0.29) is 11.8 Å². The zero-order chi connectivity index (χ0) is 16.2. The van der Waals surface area contributed by atoms with Crippen molar-refractivity contribution in [1.29, 1.82) is 0 Å². The van der Waals surface area contributed by atoms with Crippen molar-refractivity contribution >= 4 is 22.7 Å². The molecule has 0 unspecified atom stereocenters. The van der Waals surface area contributed by atoms with Gasteiger partial charge < -0.3 is 15.3 Å². The summed E-state index contributed by atoms with van der Waals surface area (Å²) in [6.07, 6.45) is 4.05. The molecule has 3 rings (SSSR count). The highest BCUT2D eigenvalue weighted by Gasteiger charge is 2.18. The normalized spacial score (nSPS) is 15.4. The van der Waals surface area contributed by atoms with Crippen molar-refractivity contribution in [2.75, 3.05) is 23.3 Å². The zero-order valence-electron chi connectivity index (χ0n) is 12.6. The quantitative estimate of drug-likeness (QED) is 0.666. The van der Waals surface area contributed by atoms with Crippen molar-refractivity contribution in [3.05, 3.63) is 52.8 Å². The van der Waals surface area contributed by atoms with Crippen LogP contribution in [0.2, 0.25) is 0 Å². The number of nitrogens with zero attached hydrogens (tertiary/aromatic N) is 3. The molecule has 2 aromatic rings. The molecule has 0 spiro atoms. The summed E-state index contributed by atoms with van der Waals surface area (Å²) >= 11 is 0. The van der Waals surface area contributed by atoms with Crippen LogP contribution in [0.3, 0.4) is 0 Å². The molecule has 2 N–H and O–H groups in total. The van der Waals surface area contributed by atoms with E-state index in [1.807, 2.05) is 24.3 Å². The van der Waals surface area contributed by atoms with Gasteiger partial charge >= 0.3 is 5.69 Å². The van der Waals surface area contributed by atoms with Crippen molar-refractivity contribution in [2.24, 2.45) is 0 Å². The molecule has 23 heavy (non-hydrogen) atoms. The number of piperidine rings is 1. The second-order valence-corrected chi connectivity index (χ2v) is 5.54. The maximum atomic E-state index is 11.1. The van der Waals surface area contributed by atoms with E-state index in [0.717, 1.165) is 37.3 Å². The fourth-order valence-electron chi connectivity index (χ4n) is 2.70. The third-order valence-corrected chi connectivity index (χ3v) is 3.95. The first-order chi connectivity index (χ1) is 11.1. The van der Waals surface area contributed by atoms with E-state index in [9.17, 15) is 15.2 Å². The first-order valence-electron chi connectivity index (χ1n) is 7.52. The van der Waals surface area contributed by atoms with Gasteiger partial charge in [-0.3, -0.25) is 15.1 Å². The number of aliphatic hydroxyl groups is 1. The van der Waals surface area contributed by atoms with Gasteiger partial charge in [0.05, 0.1) is 11.0 Å². The van der Waals surface area contributed by atoms with Gasteiger partial charge in [0.1, 0.15) is 11.9 Å². The minimum Gasteiger partial charge on any atom is -0.393 e. The van der Waals surface area contributed by atoms with Crippen LogP contribution in [0.25, 0.3) is 0 Å².